The molecular weight excluding hydrogens is 580 g/mol. The van der Waals surface area contributed by atoms with Crippen LogP contribution in [0.3, 0.4) is 0 Å². The number of hydrogen-bond acceptors (Lipinski definition) is 9. The Labute approximate surface area is 224 Å². The monoisotopic (exact) mass is 600 g/mol. The van der Waals surface area contributed by atoms with Crippen LogP contribution in [0.5, 0.6) is 11.8 Å². The zero-order valence-corrected chi connectivity index (χ0v) is 22.7. The van der Waals surface area contributed by atoms with Crippen LogP contribution in [0, 0.1) is 13.8 Å². The van der Waals surface area contributed by atoms with Gasteiger partial charge in [-0.2, -0.15) is 0 Å². The molecule has 0 fully saturated rings. The zero-order valence-electron chi connectivity index (χ0n) is 20.3. The van der Waals surface area contributed by atoms with Crippen LogP contribution in [0.1, 0.15) is 16.7 Å². The minimum Gasteiger partial charge on any atom is -0.493 e. The first-order valence-electron chi connectivity index (χ1n) is 10.9. The fourth-order valence-electron chi connectivity index (χ4n) is 3.47. The molecule has 0 unspecified atom stereocenters. The molecule has 0 spiro atoms. The number of nitrogens with zero attached hydrogens (tertiary/aromatic N) is 4. The van der Waals surface area contributed by atoms with Crippen molar-refractivity contribution in [2.45, 2.75) is 18.7 Å². The van der Waals surface area contributed by atoms with E-state index in [2.05, 4.69) is 40.6 Å². The third-order valence-corrected chi connectivity index (χ3v) is 7.63. The lowest BCUT2D eigenvalue weighted by atomic mass is 10.1. The number of benzene rings is 2. The number of anilines is 1. The number of nitrogens with one attached hydrogen (secondary N) is 2. The van der Waals surface area contributed by atoms with E-state index >= 15 is 0 Å². The molecule has 3 N–H and O–H groups in total. The number of sulfonamides is 1. The molecule has 0 aliphatic carbocycles. The molecule has 0 amide bonds. The van der Waals surface area contributed by atoms with Crippen molar-refractivity contribution in [3.05, 3.63) is 90.8 Å². The van der Waals surface area contributed by atoms with Gasteiger partial charge in [-0.15, -0.1) is 0 Å². The Morgan fingerprint density at radius 2 is 1.79 bits per heavy atom. The van der Waals surface area contributed by atoms with Gasteiger partial charge in [-0.05, 0) is 61.4 Å². The number of hydrogen-bond donors (Lipinski definition) is 3. The van der Waals surface area contributed by atoms with Gasteiger partial charge in [0.2, 0.25) is 11.7 Å². The van der Waals surface area contributed by atoms with Gasteiger partial charge in [-0.3, -0.25) is 19.5 Å². The van der Waals surface area contributed by atoms with Gasteiger partial charge in [0.1, 0.15) is 5.56 Å². The smallest absolute Gasteiger partial charge is 0.335 e. The number of H-pyrrole nitrogens is 1. The zero-order chi connectivity index (χ0) is 27.6. The molecule has 0 aliphatic heterocycles. The Bertz CT molecular complexity index is 1780. The molecule has 0 radical (unpaired) electrons. The van der Waals surface area contributed by atoms with Gasteiger partial charge < -0.3 is 9.84 Å². The second-order valence-electron chi connectivity index (χ2n) is 7.99. The second kappa shape index (κ2) is 10.6. The standard InChI is InChI=1S/C24H21BrN6O6S/c1-13-11-19(14(2)10-18(13)25)31-23(33)17(21(32)29-24(31)34)12-28-15-4-6-16(7-5-15)38(35,36)30-20-22(37-3)27-9-8-26-20/h4-12,33H,1-3H3,(H,26,30)(H,29,32,34). The summed E-state index contributed by atoms with van der Waals surface area (Å²) in [4.78, 5) is 39.1. The molecule has 196 valence electrons. The van der Waals surface area contributed by atoms with Crippen molar-refractivity contribution >= 4 is 43.7 Å². The quantitative estimate of drug-likeness (QED) is 0.272. The number of aryl methyl sites for hydroxylation is 2. The van der Waals surface area contributed by atoms with Crippen molar-refractivity contribution in [1.82, 2.24) is 19.5 Å². The van der Waals surface area contributed by atoms with Crippen LogP contribution >= 0.6 is 15.9 Å². The SMILES string of the molecule is COc1nccnc1NS(=O)(=O)c1ccc(N=Cc2c(O)n(-c3cc(C)c(Br)cc3C)c(=O)[nH]c2=O)cc1. The van der Waals surface area contributed by atoms with Gasteiger partial charge >= 0.3 is 5.69 Å². The Morgan fingerprint density at radius 3 is 2.47 bits per heavy atom. The highest BCUT2D eigenvalue weighted by Crippen LogP contribution is 2.26. The molecule has 0 saturated heterocycles. The summed E-state index contributed by atoms with van der Waals surface area (Å²) in [5.74, 6) is -0.649. The highest BCUT2D eigenvalue weighted by atomic mass is 79.9. The van der Waals surface area contributed by atoms with Crippen LogP contribution in [0.4, 0.5) is 11.5 Å². The fourth-order valence-corrected chi connectivity index (χ4v) is 4.93. The van der Waals surface area contributed by atoms with E-state index in [1.165, 1.54) is 43.8 Å². The van der Waals surface area contributed by atoms with Gasteiger partial charge in [-0.25, -0.2) is 27.7 Å². The summed E-state index contributed by atoms with van der Waals surface area (Å²) in [6.07, 6.45) is 3.77. The lowest BCUT2D eigenvalue weighted by Crippen LogP contribution is -2.31. The molecule has 4 aromatic rings. The van der Waals surface area contributed by atoms with E-state index in [0.717, 1.165) is 20.8 Å². The Morgan fingerprint density at radius 1 is 1.11 bits per heavy atom. The molecule has 12 nitrogen and oxygen atoms in total. The van der Waals surface area contributed by atoms with Crippen LogP contribution in [0.2, 0.25) is 0 Å². The van der Waals surface area contributed by atoms with Crippen molar-refractivity contribution in [3.8, 4) is 17.4 Å². The summed E-state index contributed by atoms with van der Waals surface area (Å²) in [5.41, 5.74) is 0.281. The minimum absolute atomic E-state index is 0.0113. The summed E-state index contributed by atoms with van der Waals surface area (Å²) in [7, 11) is -2.68. The van der Waals surface area contributed by atoms with Gasteiger partial charge in [0.05, 0.1) is 23.4 Å². The van der Waals surface area contributed by atoms with E-state index in [9.17, 15) is 23.1 Å². The molecule has 0 saturated carbocycles. The van der Waals surface area contributed by atoms with Gasteiger partial charge in [0, 0.05) is 23.1 Å². The summed E-state index contributed by atoms with van der Waals surface area (Å²) in [6.45, 7) is 3.58. The molecule has 0 aliphatic rings. The Kier molecular flexibility index (Phi) is 7.46. The highest BCUT2D eigenvalue weighted by Gasteiger charge is 2.19. The number of aliphatic imine (C=N–C) groups is 1. The minimum atomic E-state index is -4.02. The molecule has 0 bridgehead atoms. The van der Waals surface area contributed by atoms with E-state index < -0.39 is 27.2 Å². The molecular formula is C24H21BrN6O6S. The lowest BCUT2D eigenvalue weighted by molar-refractivity contribution is 0.398. The maximum absolute atomic E-state index is 12.7. The molecule has 2 heterocycles. The summed E-state index contributed by atoms with van der Waals surface area (Å²) in [5, 5.41) is 10.8. The number of ether oxygens (including phenoxy) is 1. The highest BCUT2D eigenvalue weighted by molar-refractivity contribution is 9.10. The van der Waals surface area contributed by atoms with Gasteiger partial charge in [0.15, 0.2) is 0 Å². The molecule has 14 heteroatoms. The van der Waals surface area contributed by atoms with Crippen molar-refractivity contribution in [2.75, 3.05) is 11.8 Å². The summed E-state index contributed by atoms with van der Waals surface area (Å²) in [6, 6.07) is 8.91. The lowest BCUT2D eigenvalue weighted by Gasteiger charge is -2.14. The van der Waals surface area contributed by atoms with E-state index in [-0.39, 0.29) is 27.8 Å². The average molecular weight is 601 g/mol. The molecule has 0 atom stereocenters. The number of rotatable bonds is 7. The summed E-state index contributed by atoms with van der Waals surface area (Å²) >= 11 is 3.42. The third-order valence-electron chi connectivity index (χ3n) is 5.42. The van der Waals surface area contributed by atoms with E-state index in [1.807, 2.05) is 6.92 Å². The van der Waals surface area contributed by atoms with Crippen LogP contribution in [-0.2, 0) is 10.0 Å². The maximum Gasteiger partial charge on any atom is 0.335 e. The van der Waals surface area contributed by atoms with Crippen molar-refractivity contribution in [3.63, 3.8) is 0 Å². The molecule has 38 heavy (non-hydrogen) atoms. The third kappa shape index (κ3) is 5.35. The maximum atomic E-state index is 12.7. The first-order chi connectivity index (χ1) is 18.0. The van der Waals surface area contributed by atoms with Crippen LogP contribution in [0.15, 0.2) is 72.7 Å². The number of aromatic hydroxyl groups is 1. The van der Waals surface area contributed by atoms with Crippen LogP contribution < -0.4 is 20.7 Å². The Balaban J connectivity index is 1.65. The van der Waals surface area contributed by atoms with Crippen LogP contribution in [-0.4, -0.2) is 46.4 Å². The number of aromatic nitrogens is 4. The average Bonchev–Trinajstić information content (AvgIpc) is 2.87. The van der Waals surface area contributed by atoms with Crippen molar-refractivity contribution in [2.24, 2.45) is 4.99 Å². The number of methoxy groups -OCH3 is 1. The van der Waals surface area contributed by atoms with E-state index in [4.69, 9.17) is 4.74 Å². The molecule has 2 aromatic heterocycles. The second-order valence-corrected chi connectivity index (χ2v) is 10.5. The van der Waals surface area contributed by atoms with Crippen molar-refractivity contribution in [1.29, 1.82) is 0 Å². The molecule has 2 aromatic carbocycles. The predicted molar refractivity (Wildman–Crippen MR) is 145 cm³/mol. The summed E-state index contributed by atoms with van der Waals surface area (Å²) < 4.78 is 34.6. The fraction of sp³-hybridized carbons (Fsp3) is 0.125. The van der Waals surface area contributed by atoms with Crippen LogP contribution in [0.25, 0.3) is 5.69 Å². The first-order valence-corrected chi connectivity index (χ1v) is 13.2. The number of halogens is 1. The van der Waals surface area contributed by atoms with Crippen molar-refractivity contribution < 1.29 is 18.3 Å². The predicted octanol–water partition coefficient (Wildman–Crippen LogP) is 2.96. The normalized spacial score (nSPS) is 11.6. The van der Waals surface area contributed by atoms with E-state index in [0.29, 0.717) is 11.3 Å². The van der Waals surface area contributed by atoms with E-state index in [1.54, 1.807) is 19.1 Å². The number of aromatic amines is 1. The first kappa shape index (κ1) is 26.8. The molecule has 4 rings (SSSR count). The van der Waals surface area contributed by atoms with Gasteiger partial charge in [0.25, 0.3) is 21.5 Å². The topological polar surface area (TPSA) is 169 Å². The van der Waals surface area contributed by atoms with Gasteiger partial charge in [-0.1, -0.05) is 15.9 Å². The largest absolute Gasteiger partial charge is 0.493 e. The Hall–Kier alpha value is -4.30.